The summed E-state index contributed by atoms with van der Waals surface area (Å²) in [5.41, 5.74) is 2.63. The predicted octanol–water partition coefficient (Wildman–Crippen LogP) is 2.08. The van der Waals surface area contributed by atoms with E-state index in [1.165, 1.54) is 0 Å². The molecule has 28 heavy (non-hydrogen) atoms. The van der Waals surface area contributed by atoms with Gasteiger partial charge in [0.1, 0.15) is 12.1 Å². The van der Waals surface area contributed by atoms with E-state index >= 15 is 0 Å². The van der Waals surface area contributed by atoms with E-state index in [1.807, 2.05) is 6.66 Å². The monoisotopic (exact) mass is 401 g/mol. The summed E-state index contributed by atoms with van der Waals surface area (Å²) in [6.07, 6.45) is 8.55. The maximum atomic E-state index is 14.5. The molecule has 2 heterocycles. The van der Waals surface area contributed by atoms with Crippen LogP contribution in [0.3, 0.4) is 0 Å². The lowest BCUT2D eigenvalue weighted by atomic mass is 10.0. The van der Waals surface area contributed by atoms with E-state index in [-0.39, 0.29) is 12.4 Å². The second-order valence-electron chi connectivity index (χ2n) is 6.17. The number of aldehydes is 1. The van der Waals surface area contributed by atoms with E-state index in [0.717, 1.165) is 17.5 Å². The number of hydrogen-bond acceptors (Lipinski definition) is 6. The highest BCUT2D eigenvalue weighted by molar-refractivity contribution is 7.46. The number of aryl methyl sites for hydroxylation is 2. The molecule has 0 radical (unpaired) electrons. The van der Waals surface area contributed by atoms with Crippen molar-refractivity contribution in [1.29, 1.82) is 0 Å². The largest absolute Gasteiger partial charge is 0.394 e. The summed E-state index contributed by atoms with van der Waals surface area (Å²) in [5, 5.41) is 16.6. The Morgan fingerprint density at radius 3 is 2.71 bits per heavy atom. The van der Waals surface area contributed by atoms with Crippen molar-refractivity contribution in [2.45, 2.75) is 19.4 Å². The third-order valence-electron chi connectivity index (χ3n) is 4.18. The number of carbonyl (C=O) groups excluding carboxylic acids is 1. The van der Waals surface area contributed by atoms with Gasteiger partial charge in [-0.15, -0.1) is 0 Å². The van der Waals surface area contributed by atoms with Crippen LogP contribution < -0.4 is 10.6 Å². The SMILES string of the molecule is CPc1cc(C=O)cc(CCc2cnc(Nc3cnn(CCO)c3)nc2)c1F. The molecule has 1 unspecified atom stereocenters. The second-order valence-corrected chi connectivity index (χ2v) is 7.20. The predicted molar refractivity (Wildman–Crippen MR) is 108 cm³/mol. The summed E-state index contributed by atoms with van der Waals surface area (Å²) in [5.74, 6) is 0.196. The fourth-order valence-corrected chi connectivity index (χ4v) is 3.44. The number of nitrogens with one attached hydrogen (secondary N) is 1. The fourth-order valence-electron chi connectivity index (χ4n) is 2.75. The molecular weight excluding hydrogens is 380 g/mol. The first-order chi connectivity index (χ1) is 13.6. The maximum Gasteiger partial charge on any atom is 0.227 e. The molecule has 146 valence electrons. The van der Waals surface area contributed by atoms with Gasteiger partial charge in [-0.05, 0) is 42.8 Å². The summed E-state index contributed by atoms with van der Waals surface area (Å²) in [6, 6.07) is 3.21. The molecule has 2 aromatic heterocycles. The highest BCUT2D eigenvalue weighted by atomic mass is 31.1. The molecule has 0 aliphatic rings. The van der Waals surface area contributed by atoms with Crippen molar-refractivity contribution in [3.05, 3.63) is 59.4 Å². The van der Waals surface area contributed by atoms with Crippen LogP contribution in [0, 0.1) is 5.82 Å². The standard InChI is InChI=1S/C19H21FN5O2P/c1-28-17-7-14(12-27)6-15(18(17)20)3-2-13-8-21-19(22-9-13)24-16-10-23-25(11-16)4-5-26/h6-12,26,28H,2-5H2,1H3,(H,21,22,24). The molecule has 0 amide bonds. The average Bonchev–Trinajstić information content (AvgIpc) is 3.15. The van der Waals surface area contributed by atoms with Crippen LogP contribution in [0.25, 0.3) is 0 Å². The minimum absolute atomic E-state index is 0.0167. The first kappa shape index (κ1) is 20.0. The number of hydrogen-bond donors (Lipinski definition) is 2. The Hall–Kier alpha value is -2.70. The van der Waals surface area contributed by atoms with Crippen LogP contribution in [-0.4, -0.2) is 44.4 Å². The van der Waals surface area contributed by atoms with Gasteiger partial charge in [-0.3, -0.25) is 9.48 Å². The van der Waals surface area contributed by atoms with Gasteiger partial charge < -0.3 is 10.4 Å². The zero-order chi connectivity index (χ0) is 19.9. The number of aliphatic hydroxyl groups is 1. The molecule has 2 N–H and O–H groups in total. The van der Waals surface area contributed by atoms with Crippen LogP contribution in [0.15, 0.2) is 36.9 Å². The second kappa shape index (κ2) is 9.48. The Labute approximate surface area is 163 Å². The Kier molecular flexibility index (Phi) is 6.79. The highest BCUT2D eigenvalue weighted by Crippen LogP contribution is 2.17. The average molecular weight is 401 g/mol. The molecule has 3 aromatic rings. The lowest BCUT2D eigenvalue weighted by Crippen LogP contribution is -2.09. The molecule has 0 saturated carbocycles. The van der Waals surface area contributed by atoms with Crippen LogP contribution in [0.2, 0.25) is 0 Å². The molecule has 0 saturated heterocycles. The van der Waals surface area contributed by atoms with Crippen molar-refractivity contribution in [2.24, 2.45) is 0 Å². The van der Waals surface area contributed by atoms with Gasteiger partial charge in [0.2, 0.25) is 5.95 Å². The zero-order valence-corrected chi connectivity index (χ0v) is 16.4. The summed E-state index contributed by atoms with van der Waals surface area (Å²) in [4.78, 5) is 19.6. The Bertz CT molecular complexity index is 946. The minimum atomic E-state index is -0.231. The van der Waals surface area contributed by atoms with E-state index < -0.39 is 0 Å². The Morgan fingerprint density at radius 1 is 1.25 bits per heavy atom. The lowest BCUT2D eigenvalue weighted by molar-refractivity contribution is 0.112. The van der Waals surface area contributed by atoms with Crippen molar-refractivity contribution in [3.8, 4) is 0 Å². The fraction of sp³-hybridized carbons (Fsp3) is 0.263. The summed E-state index contributed by atoms with van der Waals surface area (Å²) < 4.78 is 16.1. The minimum Gasteiger partial charge on any atom is -0.394 e. The van der Waals surface area contributed by atoms with Gasteiger partial charge in [-0.25, -0.2) is 14.4 Å². The lowest BCUT2D eigenvalue weighted by Gasteiger charge is -2.09. The Morgan fingerprint density at radius 2 is 2.04 bits per heavy atom. The number of anilines is 2. The molecule has 1 aromatic carbocycles. The van der Waals surface area contributed by atoms with Crippen molar-refractivity contribution in [3.63, 3.8) is 0 Å². The number of carbonyl (C=O) groups is 1. The number of aromatic nitrogens is 4. The van der Waals surface area contributed by atoms with Gasteiger partial charge in [0, 0.05) is 29.5 Å². The molecular formula is C19H21FN5O2P. The van der Waals surface area contributed by atoms with Crippen molar-refractivity contribution >= 4 is 31.8 Å². The van der Waals surface area contributed by atoms with Gasteiger partial charge in [0.25, 0.3) is 0 Å². The molecule has 9 heteroatoms. The number of aliphatic hydroxyl groups excluding tert-OH is 1. The molecule has 3 rings (SSSR count). The van der Waals surface area contributed by atoms with Gasteiger partial charge in [0.15, 0.2) is 0 Å². The van der Waals surface area contributed by atoms with E-state index in [2.05, 4.69) is 20.4 Å². The molecule has 7 nitrogen and oxygen atoms in total. The zero-order valence-electron chi connectivity index (χ0n) is 15.4. The van der Waals surface area contributed by atoms with Crippen LogP contribution in [0.5, 0.6) is 0 Å². The first-order valence-electron chi connectivity index (χ1n) is 8.79. The Balaban J connectivity index is 1.64. The van der Waals surface area contributed by atoms with E-state index in [0.29, 0.717) is 50.3 Å². The molecule has 0 aliphatic carbocycles. The maximum absolute atomic E-state index is 14.5. The van der Waals surface area contributed by atoms with E-state index in [1.54, 1.807) is 41.6 Å². The molecule has 0 fully saturated rings. The van der Waals surface area contributed by atoms with E-state index in [9.17, 15) is 9.18 Å². The third kappa shape index (κ3) is 4.97. The summed E-state index contributed by atoms with van der Waals surface area (Å²) in [6.45, 7) is 2.33. The van der Waals surface area contributed by atoms with Crippen LogP contribution in [-0.2, 0) is 19.4 Å². The van der Waals surface area contributed by atoms with Gasteiger partial charge in [-0.1, -0.05) is 8.58 Å². The highest BCUT2D eigenvalue weighted by Gasteiger charge is 2.10. The van der Waals surface area contributed by atoms with E-state index in [4.69, 9.17) is 5.11 Å². The summed E-state index contributed by atoms with van der Waals surface area (Å²) in [7, 11) is 0.294. The molecule has 0 spiro atoms. The number of halogens is 1. The van der Waals surface area contributed by atoms with Crippen LogP contribution in [0.4, 0.5) is 16.0 Å². The molecule has 1 atom stereocenters. The number of rotatable bonds is 9. The van der Waals surface area contributed by atoms with Gasteiger partial charge in [0.05, 0.1) is 25.0 Å². The number of benzene rings is 1. The quantitative estimate of drug-likeness (QED) is 0.421. The molecule has 0 bridgehead atoms. The number of nitrogens with zero attached hydrogens (tertiary/aromatic N) is 4. The smallest absolute Gasteiger partial charge is 0.227 e. The van der Waals surface area contributed by atoms with Crippen molar-refractivity contribution in [1.82, 2.24) is 19.7 Å². The van der Waals surface area contributed by atoms with Crippen molar-refractivity contribution in [2.75, 3.05) is 18.6 Å². The first-order valence-corrected chi connectivity index (χ1v) is 10.3. The van der Waals surface area contributed by atoms with Crippen molar-refractivity contribution < 1.29 is 14.3 Å². The molecule has 0 aliphatic heterocycles. The third-order valence-corrected chi connectivity index (χ3v) is 5.09. The van der Waals surface area contributed by atoms with Gasteiger partial charge in [-0.2, -0.15) is 5.10 Å². The van der Waals surface area contributed by atoms with Crippen LogP contribution in [0.1, 0.15) is 21.5 Å². The summed E-state index contributed by atoms with van der Waals surface area (Å²) >= 11 is 0. The topological polar surface area (TPSA) is 92.9 Å². The normalized spacial score (nSPS) is 11.2. The van der Waals surface area contributed by atoms with Gasteiger partial charge >= 0.3 is 0 Å². The van der Waals surface area contributed by atoms with Crippen LogP contribution >= 0.6 is 8.58 Å².